The van der Waals surface area contributed by atoms with E-state index in [0.29, 0.717) is 5.89 Å². The molecule has 1 N–H and O–H groups in total. The number of aliphatic hydroxyl groups is 1. The number of benzene rings is 1. The highest BCUT2D eigenvalue weighted by molar-refractivity contribution is 5.31. The van der Waals surface area contributed by atoms with Crippen molar-refractivity contribution in [3.05, 3.63) is 41.0 Å². The average molecular weight is 284 g/mol. The highest BCUT2D eigenvalue weighted by Gasteiger charge is 2.15. The first-order chi connectivity index (χ1) is 9.51. The minimum absolute atomic E-state index is 0.0635. The summed E-state index contributed by atoms with van der Waals surface area (Å²) in [4.78, 5) is 4.03. The number of rotatable bonds is 5. The molecule has 0 amide bonds. The van der Waals surface area contributed by atoms with Gasteiger partial charge in [-0.15, -0.1) is 0 Å². The lowest BCUT2D eigenvalue weighted by atomic mass is 10.2. The maximum atomic E-state index is 13.6. The van der Waals surface area contributed by atoms with Crippen LogP contribution in [-0.2, 0) is 13.2 Å². The molecule has 5 nitrogen and oxygen atoms in total. The van der Waals surface area contributed by atoms with E-state index in [9.17, 15) is 8.78 Å². The summed E-state index contributed by atoms with van der Waals surface area (Å²) in [5.41, 5.74) is 0.133. The van der Waals surface area contributed by atoms with Crippen molar-refractivity contribution in [1.29, 1.82) is 0 Å². The minimum Gasteiger partial charge on any atom is -0.479 e. The second-order valence-corrected chi connectivity index (χ2v) is 4.54. The molecule has 0 spiro atoms. The molecular weight excluding hydrogens is 270 g/mol. The van der Waals surface area contributed by atoms with Gasteiger partial charge in [-0.2, -0.15) is 4.98 Å². The van der Waals surface area contributed by atoms with Gasteiger partial charge in [0.05, 0.1) is 6.61 Å². The van der Waals surface area contributed by atoms with Gasteiger partial charge in [-0.25, -0.2) is 8.78 Å². The molecule has 0 fully saturated rings. The van der Waals surface area contributed by atoms with E-state index >= 15 is 0 Å². The topological polar surface area (TPSA) is 68.4 Å². The van der Waals surface area contributed by atoms with Gasteiger partial charge in [-0.1, -0.05) is 19.0 Å². The molecule has 0 atom stereocenters. The van der Waals surface area contributed by atoms with Crippen molar-refractivity contribution < 1.29 is 23.1 Å². The Balaban J connectivity index is 2.10. The molecule has 0 saturated heterocycles. The van der Waals surface area contributed by atoms with Gasteiger partial charge in [0.15, 0.2) is 24.0 Å². The number of aliphatic hydroxyl groups excluding tert-OH is 1. The Labute approximate surface area is 114 Å². The Bertz CT molecular complexity index is 576. The van der Waals surface area contributed by atoms with Gasteiger partial charge in [-0.05, 0) is 17.7 Å². The van der Waals surface area contributed by atoms with Gasteiger partial charge < -0.3 is 14.4 Å². The summed E-state index contributed by atoms with van der Waals surface area (Å²) in [6, 6.07) is 2.02. The van der Waals surface area contributed by atoms with Crippen LogP contribution in [0.15, 0.2) is 16.7 Å². The molecule has 7 heteroatoms. The molecule has 0 saturated carbocycles. The molecule has 0 aliphatic rings. The molecule has 2 rings (SSSR count). The summed E-state index contributed by atoms with van der Waals surface area (Å²) in [6.45, 7) is 3.11. The average Bonchev–Trinajstić information content (AvgIpc) is 2.86. The van der Waals surface area contributed by atoms with Gasteiger partial charge in [0, 0.05) is 5.92 Å². The quantitative estimate of drug-likeness (QED) is 0.913. The van der Waals surface area contributed by atoms with E-state index in [1.54, 1.807) is 0 Å². The molecule has 1 heterocycles. The second-order valence-electron chi connectivity index (χ2n) is 4.54. The maximum Gasteiger partial charge on any atom is 0.229 e. The summed E-state index contributed by atoms with van der Waals surface area (Å²) < 4.78 is 37.2. The van der Waals surface area contributed by atoms with Crippen molar-refractivity contribution in [3.8, 4) is 5.75 Å². The van der Waals surface area contributed by atoms with Crippen LogP contribution in [0.3, 0.4) is 0 Å². The van der Waals surface area contributed by atoms with Crippen LogP contribution in [0.1, 0.15) is 37.0 Å². The Kier molecular flexibility index (Phi) is 4.29. The van der Waals surface area contributed by atoms with Crippen LogP contribution in [0.5, 0.6) is 5.75 Å². The van der Waals surface area contributed by atoms with Crippen molar-refractivity contribution >= 4 is 0 Å². The van der Waals surface area contributed by atoms with E-state index in [4.69, 9.17) is 14.4 Å². The smallest absolute Gasteiger partial charge is 0.229 e. The standard InChI is InChI=1S/C13H14F2N2O3/c1-7(2)13-16-11(17-20-13)6-19-12-9(14)3-8(5-18)4-10(12)15/h3-4,7,18H,5-6H2,1-2H3. The summed E-state index contributed by atoms with van der Waals surface area (Å²) in [6.07, 6.45) is 0. The van der Waals surface area contributed by atoms with Crippen molar-refractivity contribution in [2.75, 3.05) is 0 Å². The fourth-order valence-corrected chi connectivity index (χ4v) is 1.54. The Morgan fingerprint density at radius 3 is 2.45 bits per heavy atom. The third kappa shape index (κ3) is 3.11. The zero-order chi connectivity index (χ0) is 14.7. The molecule has 1 aromatic heterocycles. The monoisotopic (exact) mass is 284 g/mol. The fraction of sp³-hybridized carbons (Fsp3) is 0.385. The van der Waals surface area contributed by atoms with Gasteiger partial charge in [0.2, 0.25) is 11.7 Å². The molecule has 0 aliphatic heterocycles. The lowest BCUT2D eigenvalue weighted by Crippen LogP contribution is -2.03. The Hall–Kier alpha value is -2.02. The minimum atomic E-state index is -0.887. The third-order valence-electron chi connectivity index (χ3n) is 2.56. The van der Waals surface area contributed by atoms with Crippen LogP contribution >= 0.6 is 0 Å². The largest absolute Gasteiger partial charge is 0.479 e. The lowest BCUT2D eigenvalue weighted by molar-refractivity contribution is 0.255. The van der Waals surface area contributed by atoms with E-state index < -0.39 is 24.0 Å². The summed E-state index contributed by atoms with van der Waals surface area (Å²) in [7, 11) is 0. The van der Waals surface area contributed by atoms with E-state index in [-0.39, 0.29) is 23.9 Å². The summed E-state index contributed by atoms with van der Waals surface area (Å²) >= 11 is 0. The lowest BCUT2D eigenvalue weighted by Gasteiger charge is -2.07. The molecular formula is C13H14F2N2O3. The van der Waals surface area contributed by atoms with Crippen LogP contribution in [0.2, 0.25) is 0 Å². The molecule has 0 bridgehead atoms. The maximum absolute atomic E-state index is 13.6. The first-order valence-electron chi connectivity index (χ1n) is 6.05. The highest BCUT2D eigenvalue weighted by atomic mass is 19.1. The molecule has 0 unspecified atom stereocenters. The van der Waals surface area contributed by atoms with Crippen molar-refractivity contribution in [2.24, 2.45) is 0 Å². The first kappa shape index (κ1) is 14.4. The Morgan fingerprint density at radius 2 is 1.95 bits per heavy atom. The summed E-state index contributed by atoms with van der Waals surface area (Å²) in [5.74, 6) is -1.60. The van der Waals surface area contributed by atoms with Crippen molar-refractivity contribution in [2.45, 2.75) is 33.0 Å². The zero-order valence-electron chi connectivity index (χ0n) is 11.1. The number of hydrogen-bond acceptors (Lipinski definition) is 5. The fourth-order valence-electron chi connectivity index (χ4n) is 1.54. The van der Waals surface area contributed by atoms with Gasteiger partial charge in [-0.3, -0.25) is 0 Å². The first-order valence-corrected chi connectivity index (χ1v) is 6.05. The molecule has 0 radical (unpaired) electrons. The van der Waals surface area contributed by atoms with E-state index in [0.717, 1.165) is 12.1 Å². The van der Waals surface area contributed by atoms with Crippen LogP contribution in [-0.4, -0.2) is 15.2 Å². The number of nitrogens with zero attached hydrogens (tertiary/aromatic N) is 2. The van der Waals surface area contributed by atoms with Gasteiger partial charge in [0.25, 0.3) is 0 Å². The number of ether oxygens (including phenoxy) is 1. The van der Waals surface area contributed by atoms with Crippen LogP contribution in [0.4, 0.5) is 8.78 Å². The van der Waals surface area contributed by atoms with Crippen molar-refractivity contribution in [3.63, 3.8) is 0 Å². The van der Waals surface area contributed by atoms with E-state index in [2.05, 4.69) is 10.1 Å². The molecule has 20 heavy (non-hydrogen) atoms. The predicted molar refractivity (Wildman–Crippen MR) is 65.0 cm³/mol. The number of halogens is 2. The summed E-state index contributed by atoms with van der Waals surface area (Å²) in [5, 5.41) is 12.5. The third-order valence-corrected chi connectivity index (χ3v) is 2.56. The van der Waals surface area contributed by atoms with Crippen LogP contribution in [0, 0.1) is 11.6 Å². The van der Waals surface area contributed by atoms with Crippen LogP contribution < -0.4 is 4.74 Å². The normalized spacial score (nSPS) is 11.1. The SMILES string of the molecule is CC(C)c1nc(COc2c(F)cc(CO)cc2F)no1. The van der Waals surface area contributed by atoms with Crippen LogP contribution in [0.25, 0.3) is 0 Å². The van der Waals surface area contributed by atoms with Crippen molar-refractivity contribution in [1.82, 2.24) is 10.1 Å². The molecule has 1 aromatic carbocycles. The molecule has 2 aromatic rings. The predicted octanol–water partition coefficient (Wildman–Crippen LogP) is 2.54. The highest BCUT2D eigenvalue weighted by Crippen LogP contribution is 2.24. The molecule has 108 valence electrons. The van der Waals surface area contributed by atoms with E-state index in [1.165, 1.54) is 0 Å². The molecule has 0 aliphatic carbocycles. The number of hydrogen-bond donors (Lipinski definition) is 1. The zero-order valence-corrected chi connectivity index (χ0v) is 11.1. The number of aromatic nitrogens is 2. The van der Waals surface area contributed by atoms with E-state index in [1.807, 2.05) is 13.8 Å². The van der Waals surface area contributed by atoms with Gasteiger partial charge in [0.1, 0.15) is 0 Å². The second kappa shape index (κ2) is 5.96. The Morgan fingerprint density at radius 1 is 1.30 bits per heavy atom. The van der Waals surface area contributed by atoms with Gasteiger partial charge >= 0.3 is 0 Å².